The maximum Gasteiger partial charge on any atom is 0.252 e. The number of aromatic nitrogens is 1. The lowest BCUT2D eigenvalue weighted by molar-refractivity contribution is 0.0955. The van der Waals surface area contributed by atoms with Gasteiger partial charge in [0.2, 0.25) is 0 Å². The van der Waals surface area contributed by atoms with Gasteiger partial charge in [-0.1, -0.05) is 36.4 Å². The second kappa shape index (κ2) is 6.92. The summed E-state index contributed by atoms with van der Waals surface area (Å²) < 4.78 is 5.32. The number of benzene rings is 2. The zero-order chi connectivity index (χ0) is 16.1. The molecular formula is C19H18N2O2. The summed E-state index contributed by atoms with van der Waals surface area (Å²) in [4.78, 5) is 16.7. The number of carbonyl (C=O) groups excluding carboxylic acids is 1. The smallest absolute Gasteiger partial charge is 0.252 e. The molecule has 2 aromatic carbocycles. The van der Waals surface area contributed by atoms with Gasteiger partial charge in [0.25, 0.3) is 5.91 Å². The maximum absolute atomic E-state index is 12.4. The van der Waals surface area contributed by atoms with Crippen LogP contribution in [0.1, 0.15) is 15.9 Å². The summed E-state index contributed by atoms with van der Waals surface area (Å²) in [5, 5.41) is 3.83. The molecule has 0 fully saturated rings. The van der Waals surface area contributed by atoms with Crippen molar-refractivity contribution in [2.24, 2.45) is 0 Å². The van der Waals surface area contributed by atoms with Gasteiger partial charge in [-0.25, -0.2) is 0 Å². The number of para-hydroxylation sites is 2. The van der Waals surface area contributed by atoms with Crippen LogP contribution in [0, 0.1) is 0 Å². The van der Waals surface area contributed by atoms with Crippen LogP contribution in [0.3, 0.4) is 0 Å². The number of hydrogen-bond acceptors (Lipinski definition) is 3. The molecule has 1 N–H and O–H groups in total. The topological polar surface area (TPSA) is 51.2 Å². The number of carbonyl (C=O) groups is 1. The fraction of sp³-hybridized carbons (Fsp3) is 0.158. The maximum atomic E-state index is 12.4. The number of pyridine rings is 1. The molecule has 0 radical (unpaired) electrons. The van der Waals surface area contributed by atoms with Crippen LogP contribution in [-0.4, -0.2) is 24.5 Å². The van der Waals surface area contributed by atoms with E-state index in [1.165, 1.54) is 0 Å². The first-order valence-corrected chi connectivity index (χ1v) is 7.53. The van der Waals surface area contributed by atoms with Crippen molar-refractivity contribution in [2.45, 2.75) is 6.42 Å². The van der Waals surface area contributed by atoms with Gasteiger partial charge in [0, 0.05) is 18.1 Å². The molecule has 0 unspecified atom stereocenters. The van der Waals surface area contributed by atoms with E-state index in [4.69, 9.17) is 4.74 Å². The SMILES string of the molecule is COc1ccccc1CCNC(=O)c1ccnc2ccccc12. The van der Waals surface area contributed by atoms with E-state index in [1.807, 2.05) is 48.5 Å². The Hall–Kier alpha value is -2.88. The first-order chi connectivity index (χ1) is 11.3. The van der Waals surface area contributed by atoms with Crippen molar-refractivity contribution in [3.8, 4) is 5.75 Å². The molecule has 4 heteroatoms. The third-order valence-corrected chi connectivity index (χ3v) is 3.77. The molecule has 0 aliphatic carbocycles. The highest BCUT2D eigenvalue weighted by atomic mass is 16.5. The molecule has 0 bridgehead atoms. The Morgan fingerprint density at radius 1 is 1.09 bits per heavy atom. The molecule has 116 valence electrons. The zero-order valence-corrected chi connectivity index (χ0v) is 13.0. The number of amides is 1. The molecule has 0 saturated heterocycles. The predicted octanol–water partition coefficient (Wildman–Crippen LogP) is 3.22. The molecule has 3 aromatic rings. The van der Waals surface area contributed by atoms with Crippen LogP contribution in [0.25, 0.3) is 10.9 Å². The van der Waals surface area contributed by atoms with E-state index in [0.717, 1.165) is 28.6 Å². The van der Waals surface area contributed by atoms with Gasteiger partial charge in [-0.15, -0.1) is 0 Å². The Morgan fingerprint density at radius 2 is 1.87 bits per heavy atom. The third-order valence-electron chi connectivity index (χ3n) is 3.77. The Bertz CT molecular complexity index is 825. The van der Waals surface area contributed by atoms with Gasteiger partial charge in [-0.3, -0.25) is 9.78 Å². The van der Waals surface area contributed by atoms with Crippen LogP contribution in [0.5, 0.6) is 5.75 Å². The van der Waals surface area contributed by atoms with Crippen molar-refractivity contribution >= 4 is 16.8 Å². The number of hydrogen-bond donors (Lipinski definition) is 1. The highest BCUT2D eigenvalue weighted by molar-refractivity contribution is 6.05. The van der Waals surface area contributed by atoms with E-state index >= 15 is 0 Å². The lowest BCUT2D eigenvalue weighted by Crippen LogP contribution is -2.26. The quantitative estimate of drug-likeness (QED) is 0.787. The number of ether oxygens (including phenoxy) is 1. The summed E-state index contributed by atoms with van der Waals surface area (Å²) in [7, 11) is 1.65. The number of methoxy groups -OCH3 is 1. The molecule has 0 spiro atoms. The number of nitrogens with zero attached hydrogens (tertiary/aromatic N) is 1. The number of fused-ring (bicyclic) bond motifs is 1. The van der Waals surface area contributed by atoms with Gasteiger partial charge in [0.1, 0.15) is 5.75 Å². The van der Waals surface area contributed by atoms with Crippen LogP contribution in [0.2, 0.25) is 0 Å². The standard InChI is InChI=1S/C19H18N2O2/c1-23-18-9-5-2-6-14(18)10-12-21-19(22)16-11-13-20-17-8-4-3-7-15(16)17/h2-9,11,13H,10,12H2,1H3,(H,21,22). The summed E-state index contributed by atoms with van der Waals surface area (Å²) in [5.41, 5.74) is 2.55. The van der Waals surface area contributed by atoms with Crippen LogP contribution in [0.4, 0.5) is 0 Å². The minimum atomic E-state index is -0.0847. The summed E-state index contributed by atoms with van der Waals surface area (Å²) in [5.74, 6) is 0.759. The van der Waals surface area contributed by atoms with Crippen molar-refractivity contribution in [2.75, 3.05) is 13.7 Å². The van der Waals surface area contributed by atoms with E-state index < -0.39 is 0 Å². The monoisotopic (exact) mass is 306 g/mol. The van der Waals surface area contributed by atoms with Crippen LogP contribution < -0.4 is 10.1 Å². The zero-order valence-electron chi connectivity index (χ0n) is 13.0. The first-order valence-electron chi connectivity index (χ1n) is 7.53. The molecular weight excluding hydrogens is 288 g/mol. The van der Waals surface area contributed by atoms with Gasteiger partial charge in [-0.05, 0) is 30.2 Å². The molecule has 0 aliphatic rings. The normalized spacial score (nSPS) is 10.5. The van der Waals surface area contributed by atoms with Gasteiger partial charge in [0.05, 0.1) is 18.2 Å². The Balaban J connectivity index is 1.70. The largest absolute Gasteiger partial charge is 0.496 e. The van der Waals surface area contributed by atoms with Crippen LogP contribution in [-0.2, 0) is 6.42 Å². The first kappa shape index (κ1) is 15.0. The van der Waals surface area contributed by atoms with Gasteiger partial charge < -0.3 is 10.1 Å². The molecule has 1 amide bonds. The fourth-order valence-corrected chi connectivity index (χ4v) is 2.61. The average molecular weight is 306 g/mol. The van der Waals surface area contributed by atoms with Crippen molar-refractivity contribution in [3.63, 3.8) is 0 Å². The fourth-order valence-electron chi connectivity index (χ4n) is 2.61. The van der Waals surface area contributed by atoms with Gasteiger partial charge in [0.15, 0.2) is 0 Å². The molecule has 23 heavy (non-hydrogen) atoms. The summed E-state index contributed by atoms with van der Waals surface area (Å²) in [6.45, 7) is 0.551. The average Bonchev–Trinajstić information content (AvgIpc) is 2.61. The van der Waals surface area contributed by atoms with Crippen LogP contribution >= 0.6 is 0 Å². The lowest BCUT2D eigenvalue weighted by atomic mass is 10.1. The molecule has 0 saturated carbocycles. The molecule has 3 rings (SSSR count). The number of rotatable bonds is 5. The lowest BCUT2D eigenvalue weighted by Gasteiger charge is -2.10. The molecule has 0 atom stereocenters. The highest BCUT2D eigenvalue weighted by Gasteiger charge is 2.10. The van der Waals surface area contributed by atoms with E-state index in [1.54, 1.807) is 19.4 Å². The second-order valence-electron chi connectivity index (χ2n) is 5.19. The van der Waals surface area contributed by atoms with Crippen molar-refractivity contribution < 1.29 is 9.53 Å². The van der Waals surface area contributed by atoms with E-state index in [0.29, 0.717) is 12.1 Å². The highest BCUT2D eigenvalue weighted by Crippen LogP contribution is 2.18. The summed E-state index contributed by atoms with van der Waals surface area (Å²) in [6, 6.07) is 17.2. The van der Waals surface area contributed by atoms with Gasteiger partial charge >= 0.3 is 0 Å². The summed E-state index contributed by atoms with van der Waals surface area (Å²) >= 11 is 0. The van der Waals surface area contributed by atoms with Crippen molar-refractivity contribution in [3.05, 3.63) is 71.9 Å². The molecule has 0 aliphatic heterocycles. The van der Waals surface area contributed by atoms with E-state index in [2.05, 4.69) is 10.3 Å². The predicted molar refractivity (Wildman–Crippen MR) is 90.8 cm³/mol. The van der Waals surface area contributed by atoms with E-state index in [9.17, 15) is 4.79 Å². The Kier molecular flexibility index (Phi) is 4.52. The third kappa shape index (κ3) is 3.31. The summed E-state index contributed by atoms with van der Waals surface area (Å²) in [6.07, 6.45) is 2.39. The number of nitrogens with one attached hydrogen (secondary N) is 1. The minimum absolute atomic E-state index is 0.0847. The van der Waals surface area contributed by atoms with E-state index in [-0.39, 0.29) is 5.91 Å². The minimum Gasteiger partial charge on any atom is -0.496 e. The van der Waals surface area contributed by atoms with Gasteiger partial charge in [-0.2, -0.15) is 0 Å². The molecule has 1 heterocycles. The second-order valence-corrected chi connectivity index (χ2v) is 5.19. The molecule has 1 aromatic heterocycles. The molecule has 4 nitrogen and oxygen atoms in total. The Morgan fingerprint density at radius 3 is 2.74 bits per heavy atom. The Labute approximate surface area is 135 Å². The van der Waals surface area contributed by atoms with Crippen LogP contribution in [0.15, 0.2) is 60.8 Å². The van der Waals surface area contributed by atoms with Crippen molar-refractivity contribution in [1.29, 1.82) is 0 Å². The van der Waals surface area contributed by atoms with Crippen molar-refractivity contribution in [1.82, 2.24) is 10.3 Å².